The molecule has 0 N–H and O–H groups in total. The normalized spacial score (nSPS) is 10.3. The third kappa shape index (κ3) is 21.0. The smallest absolute Gasteiger partial charge is 0.0951 e. The van der Waals surface area contributed by atoms with Gasteiger partial charge in [-0.05, 0) is 38.5 Å². The van der Waals surface area contributed by atoms with Crippen LogP contribution in [0.2, 0.25) is 0 Å². The lowest BCUT2D eigenvalue weighted by atomic mass is 10.0. The number of rotatable bonds is 24. The molecule has 0 radical (unpaired) electrons. The summed E-state index contributed by atoms with van der Waals surface area (Å²) in [4.78, 5) is 5.59. The molecule has 1 aliphatic rings. The number of unbranched alkanes of at least 4 members (excludes halogenated alkanes) is 24. The second kappa shape index (κ2) is 36.1. The molecule has 0 saturated heterocycles. The lowest BCUT2D eigenvalue weighted by Crippen LogP contribution is -1.90. The molecular weight excluding hydrogens is 889 g/mol. The Labute approximate surface area is 434 Å². The number of hydrogen-bond donors (Lipinski definition) is 0. The third-order valence-electron chi connectivity index (χ3n) is 11.8. The zero-order valence-corrected chi connectivity index (χ0v) is 45.9. The lowest BCUT2D eigenvalue weighted by molar-refractivity contribution is 0.679. The highest BCUT2D eigenvalue weighted by molar-refractivity contribution is 7.14. The van der Waals surface area contributed by atoms with E-state index in [-0.39, 0.29) is 0 Å². The van der Waals surface area contributed by atoms with E-state index in [1.807, 2.05) is 0 Å². The molecule has 0 nitrogen and oxygen atoms in total. The van der Waals surface area contributed by atoms with Gasteiger partial charge >= 0.3 is 0 Å². The fourth-order valence-corrected chi connectivity index (χ4v) is 10.5. The first-order chi connectivity index (χ1) is 34.1. The number of fused-ring (bicyclic) bond motifs is 3. The molecule has 4 rings (SSSR count). The van der Waals surface area contributed by atoms with Crippen LogP contribution in [-0.2, 0) is 0 Å². The quantitative estimate of drug-likeness (QED) is 0.0485. The van der Waals surface area contributed by atoms with Crippen LogP contribution in [0.3, 0.4) is 0 Å². The maximum atomic E-state index is 3.68. The Hall–Kier alpha value is -4.86. The highest BCUT2D eigenvalue weighted by Gasteiger charge is 2.20. The van der Waals surface area contributed by atoms with Crippen LogP contribution in [0, 0.1) is 107 Å². The van der Waals surface area contributed by atoms with Gasteiger partial charge in [0, 0.05) is 38.5 Å². The zero-order chi connectivity index (χ0) is 49.0. The first-order valence-corrected chi connectivity index (χ1v) is 29.5. The third-order valence-corrected chi connectivity index (χ3v) is 14.9. The fourth-order valence-electron chi connectivity index (χ4n) is 7.61. The van der Waals surface area contributed by atoms with Crippen LogP contribution < -0.4 is 0 Å². The van der Waals surface area contributed by atoms with Crippen LogP contribution in [0.25, 0.3) is 0 Å². The van der Waals surface area contributed by atoms with Crippen molar-refractivity contribution in [3.8, 4) is 107 Å². The van der Waals surface area contributed by atoms with Crippen molar-refractivity contribution in [3.63, 3.8) is 0 Å². The van der Waals surface area contributed by atoms with Crippen LogP contribution in [0.4, 0.5) is 0 Å². The summed E-state index contributed by atoms with van der Waals surface area (Å²) in [6, 6.07) is 0. The van der Waals surface area contributed by atoms with E-state index in [1.165, 1.54) is 116 Å². The van der Waals surface area contributed by atoms with Crippen molar-refractivity contribution in [2.45, 2.75) is 234 Å². The van der Waals surface area contributed by atoms with Gasteiger partial charge in [0.15, 0.2) is 0 Å². The van der Waals surface area contributed by atoms with Gasteiger partial charge in [-0.3, -0.25) is 0 Å². The molecule has 3 heterocycles. The molecule has 0 spiro atoms. The van der Waals surface area contributed by atoms with Crippen molar-refractivity contribution in [1.29, 1.82) is 0 Å². The van der Waals surface area contributed by atoms with Gasteiger partial charge in [-0.25, -0.2) is 0 Å². The average molecular weight is 968 g/mol. The predicted molar refractivity (Wildman–Crippen MR) is 305 cm³/mol. The minimum absolute atomic E-state index is 0.851. The van der Waals surface area contributed by atoms with Gasteiger partial charge in [0.25, 0.3) is 0 Å². The van der Waals surface area contributed by atoms with Gasteiger partial charge in [0.05, 0.1) is 62.6 Å². The summed E-state index contributed by atoms with van der Waals surface area (Å²) in [5.74, 6) is 64.9. The summed E-state index contributed by atoms with van der Waals surface area (Å²) in [5.41, 5.74) is 5.11. The van der Waals surface area contributed by atoms with Crippen LogP contribution in [0.1, 0.15) is 297 Å². The Bertz CT molecular complexity index is 2180. The Kier molecular flexibility index (Phi) is 29.7. The highest BCUT2D eigenvalue weighted by Crippen LogP contribution is 2.32. The van der Waals surface area contributed by atoms with Crippen molar-refractivity contribution >= 4 is 34.0 Å². The zero-order valence-electron chi connectivity index (χ0n) is 43.4. The summed E-state index contributed by atoms with van der Waals surface area (Å²) >= 11 is 4.92. The maximum absolute atomic E-state index is 3.68. The van der Waals surface area contributed by atoms with Crippen LogP contribution in [-0.4, -0.2) is 0 Å². The summed E-state index contributed by atoms with van der Waals surface area (Å²) in [7, 11) is 0. The van der Waals surface area contributed by atoms with Crippen molar-refractivity contribution in [3.05, 3.63) is 62.6 Å². The van der Waals surface area contributed by atoms with Crippen molar-refractivity contribution in [1.82, 2.24) is 0 Å². The van der Waals surface area contributed by atoms with E-state index in [1.54, 1.807) is 34.0 Å². The van der Waals surface area contributed by atoms with Crippen LogP contribution in [0.5, 0.6) is 0 Å². The lowest BCUT2D eigenvalue weighted by Gasteiger charge is -1.97. The van der Waals surface area contributed by atoms with Gasteiger partial charge in [-0.1, -0.05) is 264 Å². The molecule has 0 atom stereocenters. The van der Waals surface area contributed by atoms with Crippen molar-refractivity contribution < 1.29 is 0 Å². The second-order valence-electron chi connectivity index (χ2n) is 18.0. The van der Waals surface area contributed by atoms with Crippen LogP contribution >= 0.6 is 34.0 Å². The van der Waals surface area contributed by atoms with Gasteiger partial charge < -0.3 is 0 Å². The molecule has 0 aliphatic heterocycles. The van der Waals surface area contributed by atoms with E-state index in [9.17, 15) is 0 Å². The number of hydrogen-bond acceptors (Lipinski definition) is 3. The Balaban J connectivity index is 2.09. The Morgan fingerprint density at radius 1 is 0.232 bits per heavy atom. The van der Waals surface area contributed by atoms with E-state index in [0.29, 0.717) is 0 Å². The molecule has 1 aliphatic carbocycles. The maximum Gasteiger partial charge on any atom is 0.0951 e. The summed E-state index contributed by atoms with van der Waals surface area (Å²) < 4.78 is 0. The molecular formula is C66H78S3. The predicted octanol–water partition coefficient (Wildman–Crippen LogP) is 18.3. The van der Waals surface area contributed by atoms with Crippen molar-refractivity contribution in [2.24, 2.45) is 0 Å². The van der Waals surface area contributed by atoms with E-state index in [2.05, 4.69) is 148 Å². The van der Waals surface area contributed by atoms with Gasteiger partial charge in [0.2, 0.25) is 0 Å². The summed E-state index contributed by atoms with van der Waals surface area (Å²) in [5, 5.41) is 0. The summed E-state index contributed by atoms with van der Waals surface area (Å²) in [6.07, 6.45) is 33.5. The first kappa shape index (κ1) is 56.7. The molecule has 3 aromatic heterocycles. The van der Waals surface area contributed by atoms with E-state index in [4.69, 9.17) is 0 Å². The molecule has 0 bridgehead atoms. The van der Waals surface area contributed by atoms with E-state index < -0.39 is 0 Å². The van der Waals surface area contributed by atoms with E-state index in [0.717, 1.165) is 140 Å². The minimum Gasteiger partial charge on any atom is -0.115 e. The molecule has 0 amide bonds. The second-order valence-corrected chi connectivity index (χ2v) is 21.0. The molecule has 3 aromatic rings. The molecule has 69 heavy (non-hydrogen) atoms. The minimum atomic E-state index is 0.851. The SMILES string of the molecule is CCCCCCC#Cc1sc(C#CCCCCCC)c2c1C#Cc1c(C#CCCCCCC)sc(C#CCCCCCC)c1C#Cc1c(C#CCCCCCC)sc(C#CCCCCCC)c1C#C2. The molecule has 0 saturated carbocycles. The topological polar surface area (TPSA) is 0 Å². The highest BCUT2D eigenvalue weighted by atomic mass is 32.1. The van der Waals surface area contributed by atoms with E-state index >= 15 is 0 Å². The van der Waals surface area contributed by atoms with Gasteiger partial charge in [-0.15, -0.1) is 34.0 Å². The molecule has 3 heteroatoms. The molecule has 0 unspecified atom stereocenters. The Morgan fingerprint density at radius 3 is 0.536 bits per heavy atom. The average Bonchev–Trinajstić information content (AvgIpc) is 3.98. The van der Waals surface area contributed by atoms with Gasteiger partial charge in [-0.2, -0.15) is 0 Å². The standard InChI is InChI=1S/C66H78S3/c1-7-13-19-25-31-37-43-61-55-49-50-57-59(65(47-41-35-29-23-17-11-5)68-63(57)45-39-33-27-21-15-9-3)53-54-60-58(52-51-56(55)62(67-61)44-38-32-26-20-14-8-2)64(46-40-34-28-22-16-10-4)69-66(60)48-42-36-30-24-18-12-6/h7-36H2,1-6H3. The monoisotopic (exact) mass is 967 g/mol. The first-order valence-electron chi connectivity index (χ1n) is 27.1. The summed E-state index contributed by atoms with van der Waals surface area (Å²) in [6.45, 7) is 13.5. The molecule has 0 aromatic carbocycles. The molecule has 360 valence electrons. The van der Waals surface area contributed by atoms with Crippen LogP contribution in [0.15, 0.2) is 0 Å². The Morgan fingerprint density at radius 2 is 0.391 bits per heavy atom. The van der Waals surface area contributed by atoms with Gasteiger partial charge in [0.1, 0.15) is 0 Å². The van der Waals surface area contributed by atoms with Crippen molar-refractivity contribution in [2.75, 3.05) is 0 Å². The molecule has 0 fully saturated rings. The number of thiophene rings is 3. The fraction of sp³-hybridized carbons (Fsp3) is 0.545. The largest absolute Gasteiger partial charge is 0.115 e.